The summed E-state index contributed by atoms with van der Waals surface area (Å²) in [6, 6.07) is 10.4. The summed E-state index contributed by atoms with van der Waals surface area (Å²) in [7, 11) is 0. The van der Waals surface area contributed by atoms with E-state index in [-0.39, 0.29) is 10.6 Å². The monoisotopic (exact) mass is 274 g/mol. The minimum Gasteiger partial charge on any atom is -0.354 e. The van der Waals surface area contributed by atoms with Gasteiger partial charge in [0.15, 0.2) is 0 Å². The third-order valence-electron chi connectivity index (χ3n) is 2.96. The van der Waals surface area contributed by atoms with Crippen molar-refractivity contribution in [1.82, 2.24) is 4.98 Å². The molecule has 1 heterocycles. The van der Waals surface area contributed by atoms with E-state index in [1.165, 1.54) is 6.07 Å². The zero-order valence-corrected chi connectivity index (χ0v) is 10.3. The van der Waals surface area contributed by atoms with Gasteiger partial charge >= 0.3 is 5.69 Å². The van der Waals surface area contributed by atoms with E-state index in [0.29, 0.717) is 5.69 Å². The van der Waals surface area contributed by atoms with E-state index in [2.05, 4.69) is 4.98 Å². The highest BCUT2D eigenvalue weighted by Gasteiger charge is 2.23. The van der Waals surface area contributed by atoms with E-state index in [4.69, 9.17) is 11.6 Å². The topological polar surface area (TPSA) is 76.0 Å². The lowest BCUT2D eigenvalue weighted by Gasteiger charge is -2.08. The normalized spacial score (nSPS) is 11.0. The quantitative estimate of drug-likeness (QED) is 0.420. The maximum atomic E-state index is 12.1. The first-order valence-corrected chi connectivity index (χ1v) is 5.84. The molecule has 0 amide bonds. The fourth-order valence-corrected chi connectivity index (χ4v) is 2.35. The Kier molecular flexibility index (Phi) is 2.50. The molecule has 1 aliphatic heterocycles. The van der Waals surface area contributed by atoms with Crippen LogP contribution in [0.4, 0.5) is 5.69 Å². The predicted octanol–water partition coefficient (Wildman–Crippen LogP) is 3.19. The van der Waals surface area contributed by atoms with Gasteiger partial charge in [-0.25, -0.2) is 0 Å². The maximum absolute atomic E-state index is 12.1. The number of fused-ring (bicyclic) bond motifs is 2. The highest BCUT2D eigenvalue weighted by atomic mass is 35.5. The number of benzene rings is 2. The van der Waals surface area contributed by atoms with Gasteiger partial charge in [0.05, 0.1) is 16.2 Å². The van der Waals surface area contributed by atoms with Crippen LogP contribution in [0, 0.1) is 10.1 Å². The molecule has 0 fully saturated rings. The minimum absolute atomic E-state index is 0.158. The number of hydrogen-bond acceptors (Lipinski definition) is 3. The van der Waals surface area contributed by atoms with Crippen molar-refractivity contribution in [2.75, 3.05) is 0 Å². The van der Waals surface area contributed by atoms with Gasteiger partial charge in [-0.05, 0) is 23.6 Å². The Bertz CT molecular complexity index is 841. The molecule has 1 N–H and O–H groups in total. The number of hydrogen-bond donors (Lipinski definition) is 1. The van der Waals surface area contributed by atoms with Gasteiger partial charge in [-0.2, -0.15) is 0 Å². The molecule has 0 bridgehead atoms. The van der Waals surface area contributed by atoms with Gasteiger partial charge in [-0.1, -0.05) is 29.8 Å². The van der Waals surface area contributed by atoms with Crippen LogP contribution in [-0.4, -0.2) is 9.91 Å². The van der Waals surface area contributed by atoms with Crippen LogP contribution in [-0.2, 0) is 0 Å². The number of para-hydroxylation sites is 1. The van der Waals surface area contributed by atoms with Crippen molar-refractivity contribution in [3.05, 3.63) is 61.8 Å². The van der Waals surface area contributed by atoms with Gasteiger partial charge in [0.1, 0.15) is 5.02 Å². The first kappa shape index (κ1) is 11.7. The number of nitro benzene ring substituents is 1. The Morgan fingerprint density at radius 3 is 2.68 bits per heavy atom. The molecule has 1 aliphatic carbocycles. The average molecular weight is 275 g/mol. The second-order valence-electron chi connectivity index (χ2n) is 4.11. The van der Waals surface area contributed by atoms with E-state index in [0.717, 1.165) is 10.9 Å². The van der Waals surface area contributed by atoms with Crippen molar-refractivity contribution in [2.45, 2.75) is 0 Å². The first-order valence-electron chi connectivity index (χ1n) is 5.46. The standard InChI is InChI=1S/C13H7ClN2O3/c14-9-6-11-8(13(17)12(9)16(18)19)5-7-3-1-2-4-10(7)15-11/h1-6,15H. The van der Waals surface area contributed by atoms with Crippen LogP contribution in [0.15, 0.2) is 41.2 Å². The third-order valence-corrected chi connectivity index (χ3v) is 3.25. The Labute approximate surface area is 111 Å². The number of aromatic nitrogens is 1. The van der Waals surface area contributed by atoms with Crippen molar-refractivity contribution in [3.63, 3.8) is 0 Å². The first-order chi connectivity index (χ1) is 9.08. The molecule has 94 valence electrons. The van der Waals surface area contributed by atoms with E-state index in [1.54, 1.807) is 6.07 Å². The predicted molar refractivity (Wildman–Crippen MR) is 72.9 cm³/mol. The molecule has 1 aromatic rings. The van der Waals surface area contributed by atoms with Crippen LogP contribution in [0.3, 0.4) is 0 Å². The molecular weight excluding hydrogens is 268 g/mol. The molecule has 2 aliphatic rings. The zero-order valence-electron chi connectivity index (χ0n) is 9.51. The van der Waals surface area contributed by atoms with Gasteiger partial charge in [0.25, 0.3) is 5.43 Å². The lowest BCUT2D eigenvalue weighted by molar-refractivity contribution is -0.385. The summed E-state index contributed by atoms with van der Waals surface area (Å²) in [6.45, 7) is 0. The molecule has 0 atom stereocenters. The molecular formula is C13H7ClN2O3. The molecule has 6 heteroatoms. The van der Waals surface area contributed by atoms with Crippen LogP contribution in [0.5, 0.6) is 0 Å². The highest BCUT2D eigenvalue weighted by molar-refractivity contribution is 6.33. The summed E-state index contributed by atoms with van der Waals surface area (Å²) in [5.74, 6) is 0. The van der Waals surface area contributed by atoms with Gasteiger partial charge < -0.3 is 4.98 Å². The van der Waals surface area contributed by atoms with Crippen LogP contribution >= 0.6 is 11.6 Å². The van der Waals surface area contributed by atoms with Crippen LogP contribution < -0.4 is 5.43 Å². The molecule has 0 spiro atoms. The average Bonchev–Trinajstić information content (AvgIpc) is 2.36. The second-order valence-corrected chi connectivity index (χ2v) is 4.52. The summed E-state index contributed by atoms with van der Waals surface area (Å²) >= 11 is 5.79. The number of nitrogens with one attached hydrogen (secondary N) is 1. The third kappa shape index (κ3) is 1.75. The molecule has 5 nitrogen and oxygen atoms in total. The molecule has 0 saturated heterocycles. The number of nitrogens with zero attached hydrogens (tertiary/aromatic N) is 1. The summed E-state index contributed by atoms with van der Waals surface area (Å²) < 4.78 is 0. The Morgan fingerprint density at radius 1 is 1.21 bits per heavy atom. The molecule has 3 rings (SSSR count). The summed E-state index contributed by atoms with van der Waals surface area (Å²) in [5.41, 5.74) is 0.320. The Hall–Kier alpha value is -2.40. The number of pyridine rings is 1. The van der Waals surface area contributed by atoms with Crippen molar-refractivity contribution >= 4 is 28.2 Å². The molecule has 19 heavy (non-hydrogen) atoms. The summed E-state index contributed by atoms with van der Waals surface area (Å²) in [6.07, 6.45) is 0. The zero-order chi connectivity index (χ0) is 13.6. The number of aromatic amines is 1. The summed E-state index contributed by atoms with van der Waals surface area (Å²) in [5, 5.41) is 11.5. The fraction of sp³-hybridized carbons (Fsp3) is 0. The van der Waals surface area contributed by atoms with Crippen molar-refractivity contribution < 1.29 is 4.92 Å². The summed E-state index contributed by atoms with van der Waals surface area (Å²) in [4.78, 5) is 25.2. The van der Waals surface area contributed by atoms with Crippen molar-refractivity contribution in [3.8, 4) is 11.3 Å². The lowest BCUT2D eigenvalue weighted by Crippen LogP contribution is -2.12. The largest absolute Gasteiger partial charge is 0.354 e. The SMILES string of the molecule is O=c1c2cc3ccccc3[nH]c-2cc(Cl)c1[N+](=O)[O-]. The number of rotatable bonds is 1. The van der Waals surface area contributed by atoms with Crippen LogP contribution in [0.1, 0.15) is 0 Å². The van der Waals surface area contributed by atoms with Gasteiger partial charge in [-0.3, -0.25) is 14.9 Å². The maximum Gasteiger partial charge on any atom is 0.335 e. The number of H-pyrrole nitrogens is 1. The van der Waals surface area contributed by atoms with E-state index in [1.807, 2.05) is 24.3 Å². The van der Waals surface area contributed by atoms with Crippen LogP contribution in [0.2, 0.25) is 5.02 Å². The van der Waals surface area contributed by atoms with Crippen molar-refractivity contribution in [1.29, 1.82) is 0 Å². The second kappa shape index (κ2) is 4.07. The molecule has 1 aromatic carbocycles. The smallest absolute Gasteiger partial charge is 0.335 e. The van der Waals surface area contributed by atoms with Crippen LogP contribution in [0.25, 0.3) is 22.2 Å². The number of halogens is 1. The molecule has 0 unspecified atom stereocenters. The van der Waals surface area contributed by atoms with E-state index >= 15 is 0 Å². The fourth-order valence-electron chi connectivity index (χ4n) is 2.09. The molecule has 0 aromatic heterocycles. The van der Waals surface area contributed by atoms with Gasteiger partial charge in [0, 0.05) is 5.52 Å². The van der Waals surface area contributed by atoms with E-state index < -0.39 is 16.0 Å². The molecule has 0 radical (unpaired) electrons. The van der Waals surface area contributed by atoms with Gasteiger partial charge in [0.2, 0.25) is 0 Å². The minimum atomic E-state index is -0.751. The highest BCUT2D eigenvalue weighted by Crippen LogP contribution is 2.29. The lowest BCUT2D eigenvalue weighted by atomic mass is 10.0. The molecule has 0 saturated carbocycles. The van der Waals surface area contributed by atoms with Gasteiger partial charge in [-0.15, -0.1) is 0 Å². The van der Waals surface area contributed by atoms with E-state index in [9.17, 15) is 14.9 Å². The Morgan fingerprint density at radius 2 is 1.95 bits per heavy atom. The number of nitro groups is 1. The van der Waals surface area contributed by atoms with Crippen molar-refractivity contribution in [2.24, 2.45) is 0 Å². The Balaban J connectivity index is 2.49.